The van der Waals surface area contributed by atoms with Gasteiger partial charge in [0.1, 0.15) is 11.3 Å². The highest BCUT2D eigenvalue weighted by molar-refractivity contribution is 6.03. The zero-order valence-electron chi connectivity index (χ0n) is 31.9. The van der Waals surface area contributed by atoms with Gasteiger partial charge in [0.2, 0.25) is 0 Å². The Morgan fingerprint density at radius 3 is 2.12 bits per heavy atom. The van der Waals surface area contributed by atoms with Crippen LogP contribution in [0.3, 0.4) is 0 Å². The molecule has 9 nitrogen and oxygen atoms in total. The summed E-state index contributed by atoms with van der Waals surface area (Å²) in [5, 5.41) is 3.45. The molecule has 0 radical (unpaired) electrons. The van der Waals surface area contributed by atoms with Crippen molar-refractivity contribution in [2.24, 2.45) is 5.92 Å². The molecule has 4 heterocycles. The third kappa shape index (κ3) is 8.01. The molecule has 0 amide bonds. The van der Waals surface area contributed by atoms with Crippen LogP contribution in [0, 0.1) is 17.8 Å². The van der Waals surface area contributed by atoms with Gasteiger partial charge in [0.25, 0.3) is 0 Å². The quantitative estimate of drug-likeness (QED) is 0.104. The van der Waals surface area contributed by atoms with Gasteiger partial charge < -0.3 is 14.8 Å². The molecule has 0 spiro atoms. The maximum absolute atomic E-state index is 14.3. The minimum atomic E-state index is -0.702. The van der Waals surface area contributed by atoms with Crippen LogP contribution in [0.1, 0.15) is 74.0 Å². The molecule has 1 aliphatic rings. The van der Waals surface area contributed by atoms with Gasteiger partial charge in [-0.1, -0.05) is 98.5 Å². The van der Waals surface area contributed by atoms with E-state index in [1.54, 1.807) is 37.8 Å². The molecular weight excluding hydrogens is 699 g/mol. The van der Waals surface area contributed by atoms with Crippen LogP contribution in [0.5, 0.6) is 0 Å². The van der Waals surface area contributed by atoms with Crippen molar-refractivity contribution in [1.82, 2.24) is 24.8 Å². The number of rotatable bonds is 11. The van der Waals surface area contributed by atoms with Crippen LogP contribution in [0.15, 0.2) is 145 Å². The predicted octanol–water partition coefficient (Wildman–Crippen LogP) is 8.52. The Morgan fingerprint density at radius 2 is 1.48 bits per heavy atom. The highest BCUT2D eigenvalue weighted by Crippen LogP contribution is 2.43. The first-order chi connectivity index (χ1) is 27.3. The number of carbonyl (C=O) groups is 2. The van der Waals surface area contributed by atoms with Crippen LogP contribution in [0.4, 0.5) is 0 Å². The van der Waals surface area contributed by atoms with Crippen molar-refractivity contribution in [3.63, 3.8) is 0 Å². The van der Waals surface area contributed by atoms with E-state index in [2.05, 4.69) is 69.8 Å². The lowest BCUT2D eigenvalue weighted by atomic mass is 9.75. The van der Waals surface area contributed by atoms with Crippen LogP contribution in [0.25, 0.3) is 22.4 Å². The minimum absolute atomic E-state index is 0.137. The van der Waals surface area contributed by atoms with Gasteiger partial charge in [-0.15, -0.1) is 0 Å². The molecule has 3 aromatic carbocycles. The second-order valence-corrected chi connectivity index (χ2v) is 13.8. The summed E-state index contributed by atoms with van der Waals surface area (Å²) in [6.45, 7) is 7.89. The number of esters is 2. The number of nitrogens with zero attached hydrogens (tertiary/aromatic N) is 4. The lowest BCUT2D eigenvalue weighted by Crippen LogP contribution is -2.34. The summed E-state index contributed by atoms with van der Waals surface area (Å²) in [5.74, 6) is 5.07. The topological polar surface area (TPSA) is 108 Å². The highest BCUT2D eigenvalue weighted by atomic mass is 16.5. The summed E-state index contributed by atoms with van der Waals surface area (Å²) in [6, 6.07) is 33.9. The van der Waals surface area contributed by atoms with Crippen molar-refractivity contribution in [2.75, 3.05) is 13.2 Å². The van der Waals surface area contributed by atoms with E-state index in [4.69, 9.17) is 14.5 Å². The molecule has 0 saturated heterocycles. The Balaban J connectivity index is 1.33. The van der Waals surface area contributed by atoms with Crippen LogP contribution in [-0.4, -0.2) is 44.7 Å². The van der Waals surface area contributed by atoms with Crippen molar-refractivity contribution in [1.29, 1.82) is 0 Å². The molecule has 0 aliphatic carbocycles. The number of nitrogens with one attached hydrogen (secondary N) is 1. The van der Waals surface area contributed by atoms with E-state index in [9.17, 15) is 9.59 Å². The minimum Gasteiger partial charge on any atom is -0.463 e. The summed E-state index contributed by atoms with van der Waals surface area (Å²) in [5.41, 5.74) is 8.18. The number of ether oxygens (including phenoxy) is 2. The van der Waals surface area contributed by atoms with E-state index in [0.717, 1.165) is 39.2 Å². The molecule has 56 heavy (non-hydrogen) atoms. The van der Waals surface area contributed by atoms with Gasteiger partial charge >= 0.3 is 11.9 Å². The number of pyridine rings is 2. The number of aromatic nitrogens is 4. The van der Waals surface area contributed by atoms with Gasteiger partial charge in [0.05, 0.1) is 35.2 Å². The molecule has 0 saturated carbocycles. The molecule has 3 aromatic heterocycles. The zero-order chi connectivity index (χ0) is 39.0. The number of hydrogen-bond acceptors (Lipinski definition) is 8. The van der Waals surface area contributed by atoms with Crippen LogP contribution >= 0.6 is 0 Å². The Bertz CT molecular complexity index is 2420. The van der Waals surface area contributed by atoms with Crippen molar-refractivity contribution in [3.8, 4) is 17.5 Å². The molecule has 1 aliphatic heterocycles. The van der Waals surface area contributed by atoms with Crippen LogP contribution in [0.2, 0.25) is 0 Å². The highest BCUT2D eigenvalue weighted by Gasteiger charge is 2.40. The first-order valence-electron chi connectivity index (χ1n) is 18.8. The number of carbonyl (C=O) groups excluding carboxylic acids is 2. The van der Waals surface area contributed by atoms with Gasteiger partial charge in [0, 0.05) is 53.3 Å². The fourth-order valence-electron chi connectivity index (χ4n) is 7.33. The summed E-state index contributed by atoms with van der Waals surface area (Å²) in [4.78, 5) is 41.8. The number of dihydropyridines is 1. The lowest BCUT2D eigenvalue weighted by Gasteiger charge is -2.33. The summed E-state index contributed by atoms with van der Waals surface area (Å²) in [6.07, 6.45) is 7.26. The van der Waals surface area contributed by atoms with Crippen molar-refractivity contribution < 1.29 is 19.1 Å². The molecule has 0 bridgehead atoms. The monoisotopic (exact) mass is 741 g/mol. The predicted molar refractivity (Wildman–Crippen MR) is 217 cm³/mol. The smallest absolute Gasteiger partial charge is 0.337 e. The van der Waals surface area contributed by atoms with Gasteiger partial charge in [-0.25, -0.2) is 14.6 Å². The molecule has 9 heteroatoms. The first kappa shape index (κ1) is 37.5. The second kappa shape index (κ2) is 17.1. The van der Waals surface area contributed by atoms with Gasteiger partial charge in [0.15, 0.2) is 6.61 Å². The SMILES string of the molecule is CCOC(=O)C1=C(c2ccc(-n3c(C(C)C)nc4cnccc43)cc2)NC(C)=C(C(=O)OCC#Cc2cccnc2)C1CC(c1ccccc1)c1ccccc1. The number of fused-ring (bicyclic) bond motifs is 1. The van der Waals surface area contributed by atoms with Crippen LogP contribution < -0.4 is 5.32 Å². The lowest BCUT2D eigenvalue weighted by molar-refractivity contribution is -0.139. The number of allylic oxidation sites excluding steroid dienone is 1. The summed E-state index contributed by atoms with van der Waals surface area (Å²) >= 11 is 0. The van der Waals surface area contributed by atoms with E-state index in [0.29, 0.717) is 34.5 Å². The first-order valence-corrected chi connectivity index (χ1v) is 18.8. The summed E-state index contributed by atoms with van der Waals surface area (Å²) < 4.78 is 13.8. The fourth-order valence-corrected chi connectivity index (χ4v) is 7.33. The van der Waals surface area contributed by atoms with E-state index < -0.39 is 17.9 Å². The third-order valence-corrected chi connectivity index (χ3v) is 9.86. The number of hydrogen-bond donors (Lipinski definition) is 1. The molecule has 280 valence electrons. The standard InChI is InChI=1S/C47H43N5O4/c1-5-55-47(54)43-39(28-38(34-16-8-6-9-17-34)35-18-10-7-11-19-35)42(46(53)56-27-13-15-33-14-12-25-48-29-33)32(4)50-44(43)36-20-22-37(23-21-36)52-41-24-26-49-30-40(41)51-45(52)31(2)3/h6-12,14,16-26,29-31,38-39,50H,5,27-28H2,1-4H3. The number of imidazole rings is 1. The van der Waals surface area contributed by atoms with E-state index in [1.807, 2.05) is 79.7 Å². The maximum atomic E-state index is 14.3. The Hall–Kier alpha value is -6.79. The molecule has 1 unspecified atom stereocenters. The van der Waals surface area contributed by atoms with E-state index >= 15 is 0 Å². The van der Waals surface area contributed by atoms with Crippen molar-refractivity contribution in [3.05, 3.63) is 173 Å². The second-order valence-electron chi connectivity index (χ2n) is 13.8. The van der Waals surface area contributed by atoms with Gasteiger partial charge in [-0.3, -0.25) is 14.5 Å². The average Bonchev–Trinajstić information content (AvgIpc) is 3.63. The normalized spacial score (nSPS) is 14.1. The average molecular weight is 742 g/mol. The molecule has 0 fully saturated rings. The molecular formula is C47H43N5O4. The Kier molecular flexibility index (Phi) is 11.5. The van der Waals surface area contributed by atoms with Crippen molar-refractivity contribution in [2.45, 2.75) is 46.0 Å². The fraction of sp³-hybridized carbons (Fsp3) is 0.213. The zero-order valence-corrected chi connectivity index (χ0v) is 31.9. The Labute approximate surface area is 327 Å². The van der Waals surface area contributed by atoms with Crippen molar-refractivity contribution >= 4 is 28.7 Å². The van der Waals surface area contributed by atoms with Crippen LogP contribution in [-0.2, 0) is 19.1 Å². The maximum Gasteiger partial charge on any atom is 0.337 e. The number of benzene rings is 3. The van der Waals surface area contributed by atoms with E-state index in [-0.39, 0.29) is 25.0 Å². The summed E-state index contributed by atoms with van der Waals surface area (Å²) in [7, 11) is 0. The molecule has 1 atom stereocenters. The molecule has 7 rings (SSSR count). The Morgan fingerprint density at radius 1 is 0.804 bits per heavy atom. The largest absolute Gasteiger partial charge is 0.463 e. The van der Waals surface area contributed by atoms with E-state index in [1.165, 1.54) is 0 Å². The molecule has 6 aromatic rings. The molecule has 1 N–H and O–H groups in total. The van der Waals surface area contributed by atoms with Gasteiger partial charge in [-0.2, -0.15) is 0 Å². The third-order valence-electron chi connectivity index (χ3n) is 9.86. The van der Waals surface area contributed by atoms with Gasteiger partial charge in [-0.05, 0) is 67.3 Å².